The maximum atomic E-state index is 10.9. The highest BCUT2D eigenvalue weighted by Gasteiger charge is 2.41. The minimum absolute atomic E-state index is 0.334. The second kappa shape index (κ2) is 5.40. The SMILES string of the molecule is Cc1cc(N2C3CCC2CC(CC(=O)O)C3)ccc1Br. The summed E-state index contributed by atoms with van der Waals surface area (Å²) in [5, 5.41) is 8.99. The summed E-state index contributed by atoms with van der Waals surface area (Å²) in [5.41, 5.74) is 2.56. The van der Waals surface area contributed by atoms with Gasteiger partial charge in [-0.2, -0.15) is 0 Å². The first-order valence-corrected chi connectivity index (χ1v) is 8.10. The maximum Gasteiger partial charge on any atom is 0.303 e. The Hall–Kier alpha value is -1.03. The van der Waals surface area contributed by atoms with Crippen LogP contribution in [0.1, 0.15) is 37.7 Å². The maximum absolute atomic E-state index is 10.9. The molecular formula is C16H20BrNO2. The van der Waals surface area contributed by atoms with Crippen LogP contribution in [0, 0.1) is 12.8 Å². The number of hydrogen-bond donors (Lipinski definition) is 1. The summed E-state index contributed by atoms with van der Waals surface area (Å²) >= 11 is 3.55. The summed E-state index contributed by atoms with van der Waals surface area (Å²) in [6.45, 7) is 2.12. The zero-order chi connectivity index (χ0) is 14.3. The van der Waals surface area contributed by atoms with Crippen molar-refractivity contribution in [3.05, 3.63) is 28.2 Å². The molecule has 0 saturated carbocycles. The van der Waals surface area contributed by atoms with Crippen LogP contribution in [0.15, 0.2) is 22.7 Å². The van der Waals surface area contributed by atoms with E-state index in [9.17, 15) is 4.79 Å². The molecule has 0 aliphatic carbocycles. The van der Waals surface area contributed by atoms with Crippen molar-refractivity contribution in [3.63, 3.8) is 0 Å². The minimum Gasteiger partial charge on any atom is -0.481 e. The fraction of sp³-hybridized carbons (Fsp3) is 0.562. The van der Waals surface area contributed by atoms with Crippen molar-refractivity contribution in [3.8, 4) is 0 Å². The Morgan fingerprint density at radius 2 is 2.00 bits per heavy atom. The van der Waals surface area contributed by atoms with E-state index in [2.05, 4.69) is 46.0 Å². The number of hydrogen-bond acceptors (Lipinski definition) is 2. The second-order valence-corrected chi connectivity index (χ2v) is 7.02. The number of aliphatic carboxylic acids is 1. The molecule has 108 valence electrons. The monoisotopic (exact) mass is 337 g/mol. The molecule has 2 heterocycles. The number of carboxylic acids is 1. The fourth-order valence-corrected chi connectivity index (χ4v) is 4.16. The summed E-state index contributed by atoms with van der Waals surface area (Å²) < 4.78 is 1.15. The van der Waals surface area contributed by atoms with E-state index in [0.29, 0.717) is 24.4 Å². The molecule has 0 spiro atoms. The molecule has 2 saturated heterocycles. The third kappa shape index (κ3) is 2.58. The molecule has 0 radical (unpaired) electrons. The zero-order valence-corrected chi connectivity index (χ0v) is 13.3. The summed E-state index contributed by atoms with van der Waals surface area (Å²) in [7, 11) is 0. The van der Waals surface area contributed by atoms with Gasteiger partial charge in [0.05, 0.1) is 0 Å². The highest BCUT2D eigenvalue weighted by Crippen LogP contribution is 2.43. The van der Waals surface area contributed by atoms with Gasteiger partial charge in [0, 0.05) is 28.7 Å². The lowest BCUT2D eigenvalue weighted by molar-refractivity contribution is -0.138. The Labute approximate surface area is 128 Å². The number of fused-ring (bicyclic) bond motifs is 2. The van der Waals surface area contributed by atoms with Crippen LogP contribution in [0.5, 0.6) is 0 Å². The molecule has 0 aromatic heterocycles. The van der Waals surface area contributed by atoms with Gasteiger partial charge in [0.2, 0.25) is 0 Å². The van der Waals surface area contributed by atoms with Gasteiger partial charge in [-0.3, -0.25) is 4.79 Å². The van der Waals surface area contributed by atoms with E-state index in [1.54, 1.807) is 0 Å². The van der Waals surface area contributed by atoms with Crippen LogP contribution < -0.4 is 4.90 Å². The Morgan fingerprint density at radius 3 is 2.55 bits per heavy atom. The molecule has 1 aromatic rings. The number of aryl methyl sites for hydroxylation is 1. The van der Waals surface area contributed by atoms with Crippen molar-refractivity contribution >= 4 is 27.6 Å². The van der Waals surface area contributed by atoms with Gasteiger partial charge in [-0.25, -0.2) is 0 Å². The Kier molecular flexibility index (Phi) is 3.76. The minimum atomic E-state index is -0.651. The Bertz CT molecular complexity index is 517. The molecule has 2 bridgehead atoms. The third-order valence-electron chi connectivity index (χ3n) is 4.73. The van der Waals surface area contributed by atoms with Crippen LogP contribution in [0.25, 0.3) is 0 Å². The van der Waals surface area contributed by atoms with Gasteiger partial charge in [-0.15, -0.1) is 0 Å². The van der Waals surface area contributed by atoms with Gasteiger partial charge in [0.15, 0.2) is 0 Å². The number of benzene rings is 1. The van der Waals surface area contributed by atoms with E-state index in [0.717, 1.165) is 17.3 Å². The predicted molar refractivity (Wildman–Crippen MR) is 83.1 cm³/mol. The Balaban J connectivity index is 1.79. The molecule has 4 heteroatoms. The summed E-state index contributed by atoms with van der Waals surface area (Å²) in [5.74, 6) is -0.292. The van der Waals surface area contributed by atoms with E-state index in [1.165, 1.54) is 24.1 Å². The zero-order valence-electron chi connectivity index (χ0n) is 11.7. The molecule has 20 heavy (non-hydrogen) atoms. The van der Waals surface area contributed by atoms with E-state index in [-0.39, 0.29) is 0 Å². The van der Waals surface area contributed by atoms with Crippen LogP contribution in [-0.2, 0) is 4.79 Å². The van der Waals surface area contributed by atoms with E-state index in [4.69, 9.17) is 5.11 Å². The van der Waals surface area contributed by atoms with Gasteiger partial charge in [0.1, 0.15) is 0 Å². The molecular weight excluding hydrogens is 318 g/mol. The van der Waals surface area contributed by atoms with Crippen LogP contribution in [-0.4, -0.2) is 23.2 Å². The third-order valence-corrected chi connectivity index (χ3v) is 5.62. The lowest BCUT2D eigenvalue weighted by atomic mass is 9.88. The van der Waals surface area contributed by atoms with E-state index >= 15 is 0 Å². The number of carbonyl (C=O) groups is 1. The van der Waals surface area contributed by atoms with Crippen molar-refractivity contribution in [2.24, 2.45) is 5.92 Å². The van der Waals surface area contributed by atoms with Gasteiger partial charge in [-0.1, -0.05) is 15.9 Å². The smallest absolute Gasteiger partial charge is 0.303 e. The molecule has 1 aromatic carbocycles. The Morgan fingerprint density at radius 1 is 1.35 bits per heavy atom. The van der Waals surface area contributed by atoms with Crippen molar-refractivity contribution < 1.29 is 9.90 Å². The van der Waals surface area contributed by atoms with Crippen molar-refractivity contribution in [1.29, 1.82) is 0 Å². The first-order chi connectivity index (χ1) is 9.54. The van der Waals surface area contributed by atoms with Crippen molar-refractivity contribution in [2.45, 2.75) is 51.1 Å². The lowest BCUT2D eigenvalue weighted by Gasteiger charge is -2.40. The van der Waals surface area contributed by atoms with Crippen molar-refractivity contribution in [1.82, 2.24) is 0 Å². The van der Waals surface area contributed by atoms with Gasteiger partial charge in [-0.05, 0) is 62.3 Å². The number of piperidine rings is 1. The molecule has 2 unspecified atom stereocenters. The van der Waals surface area contributed by atoms with E-state index in [1.807, 2.05) is 0 Å². The van der Waals surface area contributed by atoms with Gasteiger partial charge >= 0.3 is 5.97 Å². The number of nitrogens with zero attached hydrogens (tertiary/aromatic N) is 1. The molecule has 1 N–H and O–H groups in total. The lowest BCUT2D eigenvalue weighted by Crippen LogP contribution is -2.43. The summed E-state index contributed by atoms with van der Waals surface area (Å²) in [4.78, 5) is 13.5. The molecule has 2 aliphatic rings. The number of anilines is 1. The normalized spacial score (nSPS) is 28.7. The number of rotatable bonds is 3. The fourth-order valence-electron chi connectivity index (χ4n) is 3.91. The average Bonchev–Trinajstić information content (AvgIpc) is 2.64. The highest BCUT2D eigenvalue weighted by molar-refractivity contribution is 9.10. The largest absolute Gasteiger partial charge is 0.481 e. The quantitative estimate of drug-likeness (QED) is 0.906. The molecule has 2 atom stereocenters. The summed E-state index contributed by atoms with van der Waals surface area (Å²) in [6.07, 6.45) is 4.79. The summed E-state index contributed by atoms with van der Waals surface area (Å²) in [6, 6.07) is 7.60. The van der Waals surface area contributed by atoms with Crippen LogP contribution >= 0.6 is 15.9 Å². The van der Waals surface area contributed by atoms with Crippen molar-refractivity contribution in [2.75, 3.05) is 4.90 Å². The van der Waals surface area contributed by atoms with Gasteiger partial charge in [0.25, 0.3) is 0 Å². The molecule has 0 amide bonds. The first kappa shape index (κ1) is 13.9. The van der Waals surface area contributed by atoms with Gasteiger partial charge < -0.3 is 10.0 Å². The number of halogens is 1. The van der Waals surface area contributed by atoms with Crippen LogP contribution in [0.4, 0.5) is 5.69 Å². The average molecular weight is 338 g/mol. The predicted octanol–water partition coefficient (Wildman–Crippen LogP) is 3.98. The molecule has 3 rings (SSSR count). The standard InChI is InChI=1S/C16H20BrNO2/c1-10-6-12(4-5-15(10)17)18-13-2-3-14(18)8-11(7-13)9-16(19)20/h4-6,11,13-14H,2-3,7-9H2,1H3,(H,19,20). The first-order valence-electron chi connectivity index (χ1n) is 7.31. The molecule has 3 nitrogen and oxygen atoms in total. The van der Waals surface area contributed by atoms with Crippen LogP contribution in [0.2, 0.25) is 0 Å². The second-order valence-electron chi connectivity index (χ2n) is 6.16. The highest BCUT2D eigenvalue weighted by atomic mass is 79.9. The molecule has 2 fully saturated rings. The topological polar surface area (TPSA) is 40.5 Å². The molecule has 2 aliphatic heterocycles. The number of carboxylic acid groups (broad SMARTS) is 1. The van der Waals surface area contributed by atoms with Crippen LogP contribution in [0.3, 0.4) is 0 Å². The van der Waals surface area contributed by atoms with E-state index < -0.39 is 5.97 Å².